The third-order valence-corrected chi connectivity index (χ3v) is 0. The molecule has 0 aromatic heterocycles. The quantitative estimate of drug-likeness (QED) is 0.458. The van der Waals surface area contributed by atoms with Crippen molar-refractivity contribution >= 4 is 146 Å². The maximum atomic E-state index is 0. The molecular weight excluding hydrogens is 299 g/mol. The molecule has 0 atom stereocenters. The molecule has 0 unspecified atom stereocenters. The van der Waals surface area contributed by atoms with Crippen molar-refractivity contribution in [1.29, 1.82) is 0 Å². The molecule has 5 heavy (non-hydrogen) atoms. The van der Waals surface area contributed by atoms with E-state index in [9.17, 15) is 0 Å². The van der Waals surface area contributed by atoms with Gasteiger partial charge in [-0.15, -0.1) is 0 Å². The largest absolute Gasteiger partial charge is 0 e. The molecule has 0 aromatic rings. The van der Waals surface area contributed by atoms with Crippen molar-refractivity contribution in [3.05, 3.63) is 0 Å². The van der Waals surface area contributed by atoms with Crippen molar-refractivity contribution < 1.29 is 0 Å². The van der Waals surface area contributed by atoms with Gasteiger partial charge in [-0.1, -0.05) is 0 Å². The van der Waals surface area contributed by atoms with Crippen LogP contribution < -0.4 is 0 Å². The Labute approximate surface area is 141 Å². The second kappa shape index (κ2) is 23.1. The Hall–Kier alpha value is 4.92. The zero-order valence-electron chi connectivity index (χ0n) is 4.50. The third-order valence-electron chi connectivity index (χ3n) is 0. The summed E-state index contributed by atoms with van der Waals surface area (Å²) in [5, 5.41) is 0. The first-order chi connectivity index (χ1) is 0. The van der Waals surface area contributed by atoms with E-state index in [-0.39, 0.29) is 146 Å². The summed E-state index contributed by atoms with van der Waals surface area (Å²) in [4.78, 5) is 0. The van der Waals surface area contributed by atoms with E-state index in [1.165, 1.54) is 0 Å². The molecule has 0 bridgehead atoms. The molecule has 0 aliphatic rings. The molecule has 0 rings (SSSR count). The zero-order valence-corrected chi connectivity index (χ0v) is 16.4. The second-order valence-electron chi connectivity index (χ2n) is 0. The van der Waals surface area contributed by atoms with Crippen LogP contribution in [-0.2, 0) is 0 Å². The summed E-state index contributed by atoms with van der Waals surface area (Å²) < 4.78 is 0. The third kappa shape index (κ3) is 17.6. The van der Waals surface area contributed by atoms with Gasteiger partial charge in [0.15, 0.2) is 0 Å². The fourth-order valence-electron chi connectivity index (χ4n) is 0. The van der Waals surface area contributed by atoms with E-state index in [2.05, 4.69) is 0 Å². The molecule has 0 heterocycles. The molecule has 0 amide bonds. The van der Waals surface area contributed by atoms with Crippen LogP contribution in [0.2, 0.25) is 0 Å². The topological polar surface area (TPSA) is 0 Å². The Bertz CT molecular complexity index is 3.61. The van der Waals surface area contributed by atoms with E-state index in [4.69, 9.17) is 0 Å². The van der Waals surface area contributed by atoms with Gasteiger partial charge in [0.1, 0.15) is 0 Å². The summed E-state index contributed by atoms with van der Waals surface area (Å²) in [5.74, 6) is 0. The minimum absolute atomic E-state index is 0. The summed E-state index contributed by atoms with van der Waals surface area (Å²) in [6.07, 6.45) is 0. The fraction of sp³-hybridized carbons (Fsp3) is 0. The van der Waals surface area contributed by atoms with Crippen LogP contribution in [0.25, 0.3) is 0 Å². The summed E-state index contributed by atoms with van der Waals surface area (Å²) in [6.45, 7) is 0. The molecule has 0 spiro atoms. The molecule has 8 radical (unpaired) electrons. The second-order valence-corrected chi connectivity index (χ2v) is 0. The van der Waals surface area contributed by atoms with Gasteiger partial charge in [-0.2, -0.15) is 0 Å². The predicted molar refractivity (Wildman–Crippen MR) is 28.8 cm³/mol. The molecule has 0 aromatic carbocycles. The van der Waals surface area contributed by atoms with Gasteiger partial charge in [0.05, 0.1) is 0 Å². The standard InChI is InChI=1S/4Na.Pb. The molecule has 0 saturated heterocycles. The van der Waals surface area contributed by atoms with Crippen LogP contribution >= 0.6 is 0 Å². The van der Waals surface area contributed by atoms with Gasteiger partial charge >= 0.3 is 0 Å². The smallest absolute Gasteiger partial charge is 0 e. The zero-order chi connectivity index (χ0) is 0. The Morgan fingerprint density at radius 1 is 0.400 bits per heavy atom. The first-order valence-electron chi connectivity index (χ1n) is 0. The normalized spacial score (nSPS) is 0. The Kier molecular flexibility index (Phi) is 151. The minimum atomic E-state index is 0. The van der Waals surface area contributed by atoms with Crippen LogP contribution in [0.4, 0.5) is 0 Å². The van der Waals surface area contributed by atoms with Gasteiger partial charge in [0, 0.05) is 146 Å². The summed E-state index contributed by atoms with van der Waals surface area (Å²) in [7, 11) is 0. The average molecular weight is 299 g/mol. The molecule has 8 valence electrons. The van der Waals surface area contributed by atoms with E-state index in [1.807, 2.05) is 0 Å². The van der Waals surface area contributed by atoms with Crippen LogP contribution in [0.1, 0.15) is 0 Å². The van der Waals surface area contributed by atoms with Gasteiger partial charge in [0.2, 0.25) is 0 Å². The predicted octanol–water partition coefficient (Wildman–Crippen LogP) is -1.90. The van der Waals surface area contributed by atoms with Crippen LogP contribution in [0, 0.1) is 0 Å². The summed E-state index contributed by atoms with van der Waals surface area (Å²) in [5.41, 5.74) is 0. The minimum Gasteiger partial charge on any atom is 0 e. The van der Waals surface area contributed by atoms with Crippen molar-refractivity contribution in [2.45, 2.75) is 0 Å². The van der Waals surface area contributed by atoms with E-state index in [1.54, 1.807) is 0 Å². The molecule has 0 N–H and O–H groups in total. The monoisotopic (exact) mass is 300 g/mol. The van der Waals surface area contributed by atoms with Crippen LogP contribution in [0.3, 0.4) is 0 Å². The van der Waals surface area contributed by atoms with E-state index >= 15 is 0 Å². The first-order valence-corrected chi connectivity index (χ1v) is 0. The van der Waals surface area contributed by atoms with Crippen molar-refractivity contribution in [1.82, 2.24) is 0 Å². The average Bonchev–Trinajstić information content (AvgIpc) is 0. The maximum Gasteiger partial charge on any atom is 0 e. The van der Waals surface area contributed by atoms with E-state index in [0.717, 1.165) is 0 Å². The molecule has 0 fully saturated rings. The number of hydrogen-bond acceptors (Lipinski definition) is 0. The van der Waals surface area contributed by atoms with Crippen LogP contribution in [0.5, 0.6) is 0 Å². The summed E-state index contributed by atoms with van der Waals surface area (Å²) >= 11 is 0. The van der Waals surface area contributed by atoms with Crippen molar-refractivity contribution in [2.75, 3.05) is 0 Å². The van der Waals surface area contributed by atoms with Crippen molar-refractivity contribution in [3.8, 4) is 0 Å². The molecule has 5 heteroatoms. The van der Waals surface area contributed by atoms with E-state index < -0.39 is 0 Å². The van der Waals surface area contributed by atoms with Crippen molar-refractivity contribution in [2.24, 2.45) is 0 Å². The Balaban J connectivity index is 0. The molecule has 0 saturated carbocycles. The van der Waals surface area contributed by atoms with Gasteiger partial charge in [-0.25, -0.2) is 0 Å². The molecular formula is Na4Pb. The van der Waals surface area contributed by atoms with Gasteiger partial charge < -0.3 is 0 Å². The van der Waals surface area contributed by atoms with Crippen molar-refractivity contribution in [3.63, 3.8) is 0 Å². The van der Waals surface area contributed by atoms with Crippen LogP contribution in [-0.4, -0.2) is 146 Å². The Morgan fingerprint density at radius 3 is 0.400 bits per heavy atom. The van der Waals surface area contributed by atoms with E-state index in [0.29, 0.717) is 0 Å². The number of rotatable bonds is 0. The van der Waals surface area contributed by atoms with Gasteiger partial charge in [0.25, 0.3) is 0 Å². The van der Waals surface area contributed by atoms with Crippen LogP contribution in [0.15, 0.2) is 0 Å². The molecule has 0 aliphatic carbocycles. The maximum absolute atomic E-state index is 0. The number of hydrogen-bond donors (Lipinski definition) is 0. The SMILES string of the molecule is [Na].[Na].[Na].[Na].[Pb]. The molecule has 0 aliphatic heterocycles. The Morgan fingerprint density at radius 2 is 0.400 bits per heavy atom. The molecule has 0 nitrogen and oxygen atoms in total. The fourth-order valence-corrected chi connectivity index (χ4v) is 0. The first kappa shape index (κ1) is 32.6. The van der Waals surface area contributed by atoms with Gasteiger partial charge in [-0.3, -0.25) is 0 Å². The van der Waals surface area contributed by atoms with Gasteiger partial charge in [-0.05, 0) is 0 Å². The summed E-state index contributed by atoms with van der Waals surface area (Å²) in [6, 6.07) is 0.